The number of para-hydroxylation sites is 2. The quantitative estimate of drug-likeness (QED) is 0.559. The van der Waals surface area contributed by atoms with Crippen LogP contribution in [-0.2, 0) is 10.2 Å². The summed E-state index contributed by atoms with van der Waals surface area (Å²) in [6, 6.07) is 14.8. The van der Waals surface area contributed by atoms with Crippen LogP contribution in [0.5, 0.6) is 11.5 Å². The molecule has 0 fully saturated rings. The number of carboxylic acid groups (broad SMARTS) is 1. The van der Waals surface area contributed by atoms with E-state index in [1.807, 2.05) is 43.3 Å². The largest absolute Gasteiger partial charge is 0.491 e. The van der Waals surface area contributed by atoms with Crippen molar-refractivity contribution < 1.29 is 29.6 Å². The van der Waals surface area contributed by atoms with Gasteiger partial charge in [-0.15, -0.1) is 0 Å². The lowest BCUT2D eigenvalue weighted by molar-refractivity contribution is -0.137. The minimum absolute atomic E-state index is 0.0286. The third kappa shape index (κ3) is 5.21. The molecule has 0 atom stereocenters. The molecule has 2 rings (SSSR count). The normalized spacial score (nSPS) is 11.2. The van der Waals surface area contributed by atoms with Gasteiger partial charge in [0.15, 0.2) is 0 Å². The predicted molar refractivity (Wildman–Crippen MR) is 101 cm³/mol. The molecule has 27 heavy (non-hydrogen) atoms. The fraction of sp³-hybridized carbons (Fsp3) is 0.381. The summed E-state index contributed by atoms with van der Waals surface area (Å²) in [4.78, 5) is 11.3. The van der Waals surface area contributed by atoms with Crippen LogP contribution in [0.2, 0.25) is 0 Å². The molecule has 0 unspecified atom stereocenters. The highest BCUT2D eigenvalue weighted by Gasteiger charge is 2.34. The van der Waals surface area contributed by atoms with Crippen molar-refractivity contribution in [3.8, 4) is 11.5 Å². The summed E-state index contributed by atoms with van der Waals surface area (Å²) < 4.78 is 11.4. The predicted octanol–water partition coefficient (Wildman–Crippen LogP) is 2.60. The number of benzene rings is 2. The third-order valence-corrected chi connectivity index (χ3v) is 4.50. The van der Waals surface area contributed by atoms with E-state index < -0.39 is 11.4 Å². The molecular formula is C21H26O6. The summed E-state index contributed by atoms with van der Waals surface area (Å²) in [6.45, 7) is 2.02. The first-order valence-corrected chi connectivity index (χ1v) is 8.91. The molecule has 0 aliphatic heterocycles. The standard InChI is InChI=1S/C21H26O6/c1-21(11-10-20(24)25,16-6-2-4-8-18(16)26-14-12-22)17-7-3-5-9-19(17)27-15-13-23/h2-9,22-23H,10-15H2,1H3,(H,24,25). The minimum atomic E-state index is -0.885. The summed E-state index contributed by atoms with van der Waals surface area (Å²) in [5.41, 5.74) is 0.940. The Balaban J connectivity index is 2.56. The lowest BCUT2D eigenvalue weighted by atomic mass is 9.72. The van der Waals surface area contributed by atoms with E-state index in [2.05, 4.69) is 0 Å². The number of hydrogen-bond acceptors (Lipinski definition) is 5. The summed E-state index contributed by atoms with van der Waals surface area (Å²) in [5, 5.41) is 27.5. The zero-order valence-electron chi connectivity index (χ0n) is 15.4. The van der Waals surface area contributed by atoms with Crippen molar-refractivity contribution in [3.05, 3.63) is 59.7 Å². The van der Waals surface area contributed by atoms with Crippen molar-refractivity contribution in [1.82, 2.24) is 0 Å². The van der Waals surface area contributed by atoms with E-state index in [0.717, 1.165) is 11.1 Å². The Labute approximate surface area is 159 Å². The van der Waals surface area contributed by atoms with Crippen molar-refractivity contribution in [3.63, 3.8) is 0 Å². The van der Waals surface area contributed by atoms with Gasteiger partial charge in [-0.25, -0.2) is 0 Å². The second kappa shape index (κ2) is 9.94. The molecule has 0 bridgehead atoms. The molecule has 0 aromatic heterocycles. The van der Waals surface area contributed by atoms with Gasteiger partial charge in [0.05, 0.1) is 13.2 Å². The Hall–Kier alpha value is -2.57. The van der Waals surface area contributed by atoms with Gasteiger partial charge >= 0.3 is 5.97 Å². The Bertz CT molecular complexity index is 691. The van der Waals surface area contributed by atoms with Crippen molar-refractivity contribution in [1.29, 1.82) is 0 Å². The first-order chi connectivity index (χ1) is 13.0. The number of carbonyl (C=O) groups is 1. The second-order valence-corrected chi connectivity index (χ2v) is 6.36. The van der Waals surface area contributed by atoms with E-state index in [-0.39, 0.29) is 32.8 Å². The molecule has 3 N–H and O–H groups in total. The molecule has 6 heteroatoms. The van der Waals surface area contributed by atoms with Gasteiger partial charge in [-0.2, -0.15) is 0 Å². The number of hydrogen-bond donors (Lipinski definition) is 3. The van der Waals surface area contributed by atoms with Gasteiger partial charge in [-0.3, -0.25) is 4.79 Å². The maximum Gasteiger partial charge on any atom is 0.303 e. The summed E-state index contributed by atoms with van der Waals surface area (Å²) in [6.07, 6.45) is 0.306. The van der Waals surface area contributed by atoms with Gasteiger partial charge in [0, 0.05) is 23.0 Å². The molecule has 2 aromatic carbocycles. The molecule has 0 spiro atoms. The average Bonchev–Trinajstić information content (AvgIpc) is 2.69. The Kier molecular flexibility index (Phi) is 7.64. The molecule has 0 saturated heterocycles. The van der Waals surface area contributed by atoms with Crippen LogP contribution in [0.3, 0.4) is 0 Å². The zero-order chi connectivity index (χ0) is 19.7. The zero-order valence-corrected chi connectivity index (χ0v) is 15.4. The highest BCUT2D eigenvalue weighted by Crippen LogP contribution is 2.44. The number of aliphatic hydroxyl groups excluding tert-OH is 2. The van der Waals surface area contributed by atoms with Crippen LogP contribution in [0.25, 0.3) is 0 Å². The maximum absolute atomic E-state index is 11.3. The van der Waals surface area contributed by atoms with E-state index >= 15 is 0 Å². The van der Waals surface area contributed by atoms with Gasteiger partial charge in [0.25, 0.3) is 0 Å². The summed E-state index contributed by atoms with van der Waals surface area (Å²) in [7, 11) is 0. The first kappa shape index (κ1) is 20.7. The fourth-order valence-corrected chi connectivity index (χ4v) is 3.18. The monoisotopic (exact) mass is 374 g/mol. The van der Waals surface area contributed by atoms with Gasteiger partial charge < -0.3 is 24.8 Å². The molecule has 0 saturated carbocycles. The molecule has 0 heterocycles. The molecule has 6 nitrogen and oxygen atoms in total. The van der Waals surface area contributed by atoms with Gasteiger partial charge in [-0.1, -0.05) is 43.3 Å². The van der Waals surface area contributed by atoms with E-state index in [0.29, 0.717) is 17.9 Å². The summed E-state index contributed by atoms with van der Waals surface area (Å²) in [5.74, 6) is 0.302. The molecule has 2 aromatic rings. The molecule has 0 amide bonds. The SMILES string of the molecule is CC(CCC(=O)O)(c1ccccc1OCCO)c1ccccc1OCCO. The third-order valence-electron chi connectivity index (χ3n) is 4.50. The van der Waals surface area contributed by atoms with Crippen molar-refractivity contribution in [2.45, 2.75) is 25.2 Å². The van der Waals surface area contributed by atoms with Crippen LogP contribution >= 0.6 is 0 Å². The summed E-state index contributed by atoms with van der Waals surface area (Å²) >= 11 is 0. The van der Waals surface area contributed by atoms with Crippen molar-refractivity contribution in [2.75, 3.05) is 26.4 Å². The average molecular weight is 374 g/mol. The fourth-order valence-electron chi connectivity index (χ4n) is 3.18. The minimum Gasteiger partial charge on any atom is -0.491 e. The highest BCUT2D eigenvalue weighted by atomic mass is 16.5. The molecule has 0 aliphatic carbocycles. The molecule has 0 radical (unpaired) electrons. The van der Waals surface area contributed by atoms with E-state index in [1.165, 1.54) is 0 Å². The topological polar surface area (TPSA) is 96.2 Å². The van der Waals surface area contributed by atoms with Crippen LogP contribution in [-0.4, -0.2) is 47.7 Å². The number of carboxylic acids is 1. The number of rotatable bonds is 11. The van der Waals surface area contributed by atoms with Gasteiger partial charge in [-0.05, 0) is 18.6 Å². The molecule has 0 aliphatic rings. The Morgan fingerprint density at radius 1 is 0.889 bits per heavy atom. The lowest BCUT2D eigenvalue weighted by Crippen LogP contribution is -2.27. The van der Waals surface area contributed by atoms with E-state index in [4.69, 9.17) is 19.7 Å². The highest BCUT2D eigenvalue weighted by molar-refractivity contribution is 5.67. The van der Waals surface area contributed by atoms with Gasteiger partial charge in [0.2, 0.25) is 0 Å². The van der Waals surface area contributed by atoms with Crippen LogP contribution in [0, 0.1) is 0 Å². The number of ether oxygens (including phenoxy) is 2. The number of aliphatic carboxylic acids is 1. The van der Waals surface area contributed by atoms with Crippen LogP contribution in [0.15, 0.2) is 48.5 Å². The Morgan fingerprint density at radius 3 is 1.74 bits per heavy atom. The lowest BCUT2D eigenvalue weighted by Gasteiger charge is -2.33. The van der Waals surface area contributed by atoms with Crippen molar-refractivity contribution >= 4 is 5.97 Å². The van der Waals surface area contributed by atoms with Crippen LogP contribution < -0.4 is 9.47 Å². The smallest absolute Gasteiger partial charge is 0.303 e. The van der Waals surface area contributed by atoms with Crippen LogP contribution in [0.1, 0.15) is 30.9 Å². The Morgan fingerprint density at radius 2 is 1.33 bits per heavy atom. The van der Waals surface area contributed by atoms with E-state index in [9.17, 15) is 9.90 Å². The number of aliphatic hydroxyl groups is 2. The maximum atomic E-state index is 11.3. The van der Waals surface area contributed by atoms with E-state index in [1.54, 1.807) is 12.1 Å². The molecular weight excluding hydrogens is 348 g/mol. The molecule has 146 valence electrons. The first-order valence-electron chi connectivity index (χ1n) is 8.91. The van der Waals surface area contributed by atoms with Gasteiger partial charge in [0.1, 0.15) is 24.7 Å². The second-order valence-electron chi connectivity index (χ2n) is 6.36. The van der Waals surface area contributed by atoms with Crippen LogP contribution in [0.4, 0.5) is 0 Å². The van der Waals surface area contributed by atoms with Crippen molar-refractivity contribution in [2.24, 2.45) is 0 Å².